The fourth-order valence-electron chi connectivity index (χ4n) is 1.12. The van der Waals surface area contributed by atoms with Gasteiger partial charge in [-0.05, 0) is 6.42 Å². The number of hydrogen-bond acceptors (Lipinski definition) is 4. The van der Waals surface area contributed by atoms with Gasteiger partial charge in [0.05, 0.1) is 5.69 Å². The van der Waals surface area contributed by atoms with Gasteiger partial charge in [0.15, 0.2) is 5.82 Å². The zero-order chi connectivity index (χ0) is 9.10. The molecule has 2 aromatic rings. The van der Waals surface area contributed by atoms with Crippen molar-refractivity contribution in [2.75, 3.05) is 0 Å². The summed E-state index contributed by atoms with van der Waals surface area (Å²) < 4.78 is 1.62. The molecule has 2 rings (SSSR count). The minimum absolute atomic E-state index is 0.752. The summed E-state index contributed by atoms with van der Waals surface area (Å²) >= 11 is 0. The zero-order valence-electron chi connectivity index (χ0n) is 7.25. The number of hydrogen-bond donors (Lipinski definition) is 0. The largest absolute Gasteiger partial charge is 0.256 e. The Morgan fingerprint density at radius 2 is 2.15 bits per heavy atom. The molecule has 2 aromatic heterocycles. The predicted molar refractivity (Wildman–Crippen MR) is 46.3 cm³/mol. The van der Waals surface area contributed by atoms with Crippen LogP contribution in [0.25, 0.3) is 5.82 Å². The van der Waals surface area contributed by atoms with Gasteiger partial charge in [-0.3, -0.25) is 4.98 Å². The summed E-state index contributed by atoms with van der Waals surface area (Å²) in [4.78, 5) is 12.3. The maximum atomic E-state index is 4.20. The van der Waals surface area contributed by atoms with E-state index >= 15 is 0 Å². The SMILES string of the molecule is CCc1nccnc1-n1cncn1. The first-order valence-electron chi connectivity index (χ1n) is 4.06. The molecule has 13 heavy (non-hydrogen) atoms. The molecule has 0 unspecified atom stereocenters. The summed E-state index contributed by atoms with van der Waals surface area (Å²) in [5.41, 5.74) is 0.924. The summed E-state index contributed by atoms with van der Waals surface area (Å²) in [7, 11) is 0. The van der Waals surface area contributed by atoms with Crippen LogP contribution in [0.4, 0.5) is 0 Å². The number of aryl methyl sites for hydroxylation is 1. The van der Waals surface area contributed by atoms with Crippen molar-refractivity contribution in [2.45, 2.75) is 13.3 Å². The van der Waals surface area contributed by atoms with E-state index in [-0.39, 0.29) is 0 Å². The van der Waals surface area contributed by atoms with E-state index in [2.05, 4.69) is 20.1 Å². The minimum atomic E-state index is 0.752. The lowest BCUT2D eigenvalue weighted by atomic mass is 10.3. The second-order valence-corrected chi connectivity index (χ2v) is 2.52. The monoisotopic (exact) mass is 175 g/mol. The van der Waals surface area contributed by atoms with Gasteiger partial charge in [0, 0.05) is 12.4 Å². The smallest absolute Gasteiger partial charge is 0.176 e. The molecule has 0 spiro atoms. The fraction of sp³-hybridized carbons (Fsp3) is 0.250. The van der Waals surface area contributed by atoms with Crippen LogP contribution in [0, 0.1) is 0 Å². The van der Waals surface area contributed by atoms with Crippen LogP contribution in [0.2, 0.25) is 0 Å². The molecule has 0 bridgehead atoms. The minimum Gasteiger partial charge on any atom is -0.256 e. The predicted octanol–water partition coefficient (Wildman–Crippen LogP) is 0.620. The Morgan fingerprint density at radius 3 is 2.85 bits per heavy atom. The van der Waals surface area contributed by atoms with E-state index in [9.17, 15) is 0 Å². The average molecular weight is 175 g/mol. The van der Waals surface area contributed by atoms with Crippen molar-refractivity contribution in [1.82, 2.24) is 24.7 Å². The van der Waals surface area contributed by atoms with Gasteiger partial charge >= 0.3 is 0 Å². The highest BCUT2D eigenvalue weighted by Gasteiger charge is 2.04. The Bertz CT molecular complexity index is 381. The summed E-state index contributed by atoms with van der Waals surface area (Å²) in [6, 6.07) is 0. The van der Waals surface area contributed by atoms with Crippen LogP contribution >= 0.6 is 0 Å². The standard InChI is InChI=1S/C8H9N5/c1-2-7-8(11-4-3-10-7)13-6-9-5-12-13/h3-6H,2H2,1H3. The van der Waals surface area contributed by atoms with E-state index in [4.69, 9.17) is 0 Å². The summed E-state index contributed by atoms with van der Waals surface area (Å²) in [5.74, 6) is 0.752. The van der Waals surface area contributed by atoms with E-state index in [0.29, 0.717) is 0 Å². The Morgan fingerprint density at radius 1 is 1.31 bits per heavy atom. The molecule has 2 heterocycles. The zero-order valence-corrected chi connectivity index (χ0v) is 7.25. The number of nitrogens with zero attached hydrogens (tertiary/aromatic N) is 5. The highest BCUT2D eigenvalue weighted by molar-refractivity contribution is 5.25. The van der Waals surface area contributed by atoms with Crippen molar-refractivity contribution in [2.24, 2.45) is 0 Å². The lowest BCUT2D eigenvalue weighted by Gasteiger charge is -2.02. The van der Waals surface area contributed by atoms with Crippen LogP contribution < -0.4 is 0 Å². The number of aromatic nitrogens is 5. The molecule has 0 aliphatic heterocycles. The van der Waals surface area contributed by atoms with Gasteiger partial charge in [0.1, 0.15) is 12.7 Å². The van der Waals surface area contributed by atoms with Crippen molar-refractivity contribution in [3.63, 3.8) is 0 Å². The summed E-state index contributed by atoms with van der Waals surface area (Å²) in [6.07, 6.45) is 7.26. The lowest BCUT2D eigenvalue weighted by Crippen LogP contribution is -2.04. The Labute approximate surface area is 75.5 Å². The van der Waals surface area contributed by atoms with Crippen LogP contribution in [-0.4, -0.2) is 24.7 Å². The second-order valence-electron chi connectivity index (χ2n) is 2.52. The highest BCUT2D eigenvalue weighted by Crippen LogP contribution is 2.05. The number of rotatable bonds is 2. The van der Waals surface area contributed by atoms with E-state index < -0.39 is 0 Å². The molecule has 0 aliphatic carbocycles. The molecule has 0 radical (unpaired) electrons. The van der Waals surface area contributed by atoms with Gasteiger partial charge in [-0.15, -0.1) is 0 Å². The molecule has 0 saturated carbocycles. The highest BCUT2D eigenvalue weighted by atomic mass is 15.3. The van der Waals surface area contributed by atoms with Crippen molar-refractivity contribution in [1.29, 1.82) is 0 Å². The maximum absolute atomic E-state index is 4.20. The van der Waals surface area contributed by atoms with Gasteiger partial charge in [-0.25, -0.2) is 14.6 Å². The normalized spacial score (nSPS) is 10.2. The van der Waals surface area contributed by atoms with Crippen molar-refractivity contribution >= 4 is 0 Å². The topological polar surface area (TPSA) is 56.5 Å². The van der Waals surface area contributed by atoms with Gasteiger partial charge in [0.25, 0.3) is 0 Å². The van der Waals surface area contributed by atoms with Crippen LogP contribution in [0.1, 0.15) is 12.6 Å². The maximum Gasteiger partial charge on any atom is 0.176 e. The molecule has 66 valence electrons. The van der Waals surface area contributed by atoms with Crippen LogP contribution in [0.3, 0.4) is 0 Å². The first-order chi connectivity index (χ1) is 6.42. The average Bonchev–Trinajstić information content (AvgIpc) is 2.70. The van der Waals surface area contributed by atoms with Gasteiger partial charge < -0.3 is 0 Å². The molecule has 0 saturated heterocycles. The van der Waals surface area contributed by atoms with E-state index in [1.807, 2.05) is 6.92 Å². The van der Waals surface area contributed by atoms with Crippen molar-refractivity contribution in [3.05, 3.63) is 30.7 Å². The Balaban J connectivity index is 2.51. The molecule has 0 N–H and O–H groups in total. The first kappa shape index (κ1) is 7.85. The molecule has 0 aliphatic rings. The molecule has 0 fully saturated rings. The lowest BCUT2D eigenvalue weighted by molar-refractivity contribution is 0.807. The molecule has 0 aromatic carbocycles. The molecule has 5 nitrogen and oxygen atoms in total. The Kier molecular flexibility index (Phi) is 1.99. The van der Waals surface area contributed by atoms with Crippen molar-refractivity contribution < 1.29 is 0 Å². The molecular formula is C8H9N5. The van der Waals surface area contributed by atoms with E-state index in [1.165, 1.54) is 6.33 Å². The molecule has 5 heteroatoms. The Hall–Kier alpha value is -1.78. The van der Waals surface area contributed by atoms with Crippen LogP contribution in [-0.2, 0) is 6.42 Å². The first-order valence-corrected chi connectivity index (χ1v) is 4.06. The van der Waals surface area contributed by atoms with Gasteiger partial charge in [0.2, 0.25) is 0 Å². The van der Waals surface area contributed by atoms with Gasteiger partial charge in [-0.1, -0.05) is 6.92 Å². The molecular weight excluding hydrogens is 166 g/mol. The second kappa shape index (κ2) is 3.30. The summed E-state index contributed by atoms with van der Waals surface area (Å²) in [6.45, 7) is 2.03. The third kappa shape index (κ3) is 1.40. The van der Waals surface area contributed by atoms with Crippen LogP contribution in [0.5, 0.6) is 0 Å². The third-order valence-electron chi connectivity index (χ3n) is 1.72. The van der Waals surface area contributed by atoms with Crippen LogP contribution in [0.15, 0.2) is 25.0 Å². The van der Waals surface area contributed by atoms with Crippen molar-refractivity contribution in [3.8, 4) is 5.82 Å². The van der Waals surface area contributed by atoms with E-state index in [1.54, 1.807) is 23.4 Å². The fourth-order valence-corrected chi connectivity index (χ4v) is 1.12. The molecule has 0 atom stereocenters. The van der Waals surface area contributed by atoms with E-state index in [0.717, 1.165) is 17.9 Å². The third-order valence-corrected chi connectivity index (χ3v) is 1.72. The quantitative estimate of drug-likeness (QED) is 0.671. The van der Waals surface area contributed by atoms with Gasteiger partial charge in [-0.2, -0.15) is 5.10 Å². The molecule has 0 amide bonds. The summed E-state index contributed by atoms with van der Waals surface area (Å²) in [5, 5.41) is 4.00.